The van der Waals surface area contributed by atoms with Crippen molar-refractivity contribution in [2.24, 2.45) is 5.73 Å². The van der Waals surface area contributed by atoms with Gasteiger partial charge in [-0.25, -0.2) is 8.42 Å². The van der Waals surface area contributed by atoms with E-state index in [0.29, 0.717) is 5.56 Å². The van der Waals surface area contributed by atoms with Crippen LogP contribution in [-0.2, 0) is 21.1 Å². The van der Waals surface area contributed by atoms with Gasteiger partial charge in [-0.05, 0) is 30.7 Å². The van der Waals surface area contributed by atoms with Crippen molar-refractivity contribution >= 4 is 27.2 Å². The minimum Gasteiger partial charge on any atom is -0.481 e. The Morgan fingerprint density at radius 2 is 1.89 bits per heavy atom. The Labute approximate surface area is 111 Å². The van der Waals surface area contributed by atoms with Gasteiger partial charge in [-0.2, -0.15) is 0 Å². The minimum absolute atomic E-state index is 0.0308. The smallest absolute Gasteiger partial charge is 0.304 e. The summed E-state index contributed by atoms with van der Waals surface area (Å²) in [6, 6.07) is 2.75. The molecule has 0 radical (unpaired) electrons. The average molecular weight is 287 g/mol. The number of anilines is 2. The summed E-state index contributed by atoms with van der Waals surface area (Å²) in [7, 11) is -3.75. The highest BCUT2D eigenvalue weighted by molar-refractivity contribution is 7.91. The van der Waals surface area contributed by atoms with Gasteiger partial charge >= 0.3 is 5.97 Å². The Kier molecular flexibility index (Phi) is 4.73. The third-order valence-electron chi connectivity index (χ3n) is 2.58. The van der Waals surface area contributed by atoms with Crippen LogP contribution in [0.5, 0.6) is 0 Å². The molecule has 0 aromatic heterocycles. The van der Waals surface area contributed by atoms with Crippen molar-refractivity contribution in [3.8, 4) is 0 Å². The summed E-state index contributed by atoms with van der Waals surface area (Å²) >= 11 is 0. The Morgan fingerprint density at radius 1 is 1.26 bits per heavy atom. The third kappa shape index (κ3) is 3.83. The molecule has 0 saturated carbocycles. The quantitative estimate of drug-likeness (QED) is 0.520. The Bertz CT molecular complexity index is 584. The molecule has 1 aromatic rings. The topological polar surface area (TPSA) is 149 Å². The first-order chi connectivity index (χ1) is 8.77. The molecule has 19 heavy (non-hydrogen) atoms. The number of rotatable bonds is 6. The number of nitrogens with two attached hydrogens (primary N) is 3. The van der Waals surface area contributed by atoms with Gasteiger partial charge in [-0.15, -0.1) is 0 Å². The standard InChI is InChI=1S/C11H17N3O4S/c12-3-1-8-9(14)5-7(13)6-10(8)19(17,18)4-2-11(15)16/h5-6H,1-4,12-14H2,(H,15,16). The van der Waals surface area contributed by atoms with Gasteiger partial charge in [0.15, 0.2) is 9.84 Å². The van der Waals surface area contributed by atoms with E-state index in [-0.39, 0.29) is 29.2 Å². The maximum Gasteiger partial charge on any atom is 0.304 e. The lowest BCUT2D eigenvalue weighted by Gasteiger charge is -2.13. The number of aliphatic carboxylic acids is 1. The van der Waals surface area contributed by atoms with Crippen molar-refractivity contribution in [1.82, 2.24) is 0 Å². The third-order valence-corrected chi connectivity index (χ3v) is 4.36. The van der Waals surface area contributed by atoms with Crippen LogP contribution < -0.4 is 17.2 Å². The molecular formula is C11H17N3O4S. The van der Waals surface area contributed by atoms with Gasteiger partial charge in [0.25, 0.3) is 0 Å². The first-order valence-electron chi connectivity index (χ1n) is 5.60. The lowest BCUT2D eigenvalue weighted by Crippen LogP contribution is -2.16. The van der Waals surface area contributed by atoms with E-state index in [4.69, 9.17) is 22.3 Å². The molecule has 7 nitrogen and oxygen atoms in total. The van der Waals surface area contributed by atoms with Gasteiger partial charge in [-0.1, -0.05) is 0 Å². The molecule has 0 aliphatic rings. The molecule has 0 aliphatic heterocycles. The SMILES string of the molecule is NCCc1c(N)cc(N)cc1S(=O)(=O)CCC(=O)O. The van der Waals surface area contributed by atoms with E-state index in [1.54, 1.807) is 0 Å². The van der Waals surface area contributed by atoms with Gasteiger partial charge in [0.2, 0.25) is 0 Å². The largest absolute Gasteiger partial charge is 0.481 e. The molecule has 7 N–H and O–H groups in total. The van der Waals surface area contributed by atoms with Crippen molar-refractivity contribution in [3.63, 3.8) is 0 Å². The normalized spacial score (nSPS) is 11.4. The van der Waals surface area contributed by atoms with Crippen LogP contribution in [-0.4, -0.2) is 31.8 Å². The second-order valence-electron chi connectivity index (χ2n) is 4.09. The number of sulfone groups is 1. The van der Waals surface area contributed by atoms with E-state index in [1.165, 1.54) is 12.1 Å². The Balaban J connectivity index is 3.27. The summed E-state index contributed by atoms with van der Waals surface area (Å²) in [4.78, 5) is 10.5. The summed E-state index contributed by atoms with van der Waals surface area (Å²) in [5, 5.41) is 8.57. The van der Waals surface area contributed by atoms with Crippen LogP contribution in [0.4, 0.5) is 11.4 Å². The fourth-order valence-electron chi connectivity index (χ4n) is 1.71. The van der Waals surface area contributed by atoms with Crippen LogP contribution in [0.1, 0.15) is 12.0 Å². The molecule has 0 saturated heterocycles. The van der Waals surface area contributed by atoms with Crippen LogP contribution in [0.25, 0.3) is 0 Å². The Morgan fingerprint density at radius 3 is 2.42 bits per heavy atom. The number of hydrogen-bond donors (Lipinski definition) is 4. The molecule has 0 fully saturated rings. The number of carbonyl (C=O) groups is 1. The fraction of sp³-hybridized carbons (Fsp3) is 0.364. The highest BCUT2D eigenvalue weighted by atomic mass is 32.2. The summed E-state index contributed by atoms with van der Waals surface area (Å²) in [6.07, 6.45) is -0.188. The molecule has 0 spiro atoms. The zero-order valence-corrected chi connectivity index (χ0v) is 11.1. The molecule has 0 amide bonds. The maximum atomic E-state index is 12.1. The van der Waals surface area contributed by atoms with Crippen molar-refractivity contribution in [2.75, 3.05) is 23.8 Å². The van der Waals surface area contributed by atoms with E-state index < -0.39 is 28.0 Å². The number of carboxylic acid groups (broad SMARTS) is 1. The maximum absolute atomic E-state index is 12.1. The van der Waals surface area contributed by atoms with E-state index in [0.717, 1.165) is 0 Å². The molecule has 0 unspecified atom stereocenters. The van der Waals surface area contributed by atoms with Crippen molar-refractivity contribution in [3.05, 3.63) is 17.7 Å². The molecular weight excluding hydrogens is 270 g/mol. The second-order valence-corrected chi connectivity index (χ2v) is 6.17. The second kappa shape index (κ2) is 5.89. The first kappa shape index (κ1) is 15.3. The molecule has 0 aliphatic carbocycles. The van der Waals surface area contributed by atoms with Crippen LogP contribution in [0.2, 0.25) is 0 Å². The highest BCUT2D eigenvalue weighted by Crippen LogP contribution is 2.27. The number of benzene rings is 1. The molecule has 8 heteroatoms. The van der Waals surface area contributed by atoms with Crippen molar-refractivity contribution in [2.45, 2.75) is 17.7 Å². The monoisotopic (exact) mass is 287 g/mol. The summed E-state index contributed by atoms with van der Waals surface area (Å²) in [5.74, 6) is -1.68. The predicted molar refractivity (Wildman–Crippen MR) is 72.3 cm³/mol. The summed E-state index contributed by atoms with van der Waals surface area (Å²) in [6.45, 7) is 0.232. The summed E-state index contributed by atoms with van der Waals surface area (Å²) in [5.41, 5.74) is 17.6. The molecule has 0 atom stereocenters. The summed E-state index contributed by atoms with van der Waals surface area (Å²) < 4.78 is 24.2. The van der Waals surface area contributed by atoms with Gasteiger partial charge in [0.05, 0.1) is 17.1 Å². The Hall–Kier alpha value is -1.80. The molecule has 1 rings (SSSR count). The van der Waals surface area contributed by atoms with Crippen molar-refractivity contribution < 1.29 is 18.3 Å². The first-order valence-corrected chi connectivity index (χ1v) is 7.25. The molecule has 1 aromatic carbocycles. The number of nitrogen functional groups attached to an aromatic ring is 2. The zero-order valence-electron chi connectivity index (χ0n) is 10.3. The molecule has 106 valence electrons. The molecule has 0 heterocycles. The van der Waals surface area contributed by atoms with E-state index in [1.807, 2.05) is 0 Å². The van der Waals surface area contributed by atoms with E-state index in [2.05, 4.69) is 0 Å². The number of hydrogen-bond acceptors (Lipinski definition) is 6. The van der Waals surface area contributed by atoms with Gasteiger partial charge in [0, 0.05) is 11.4 Å². The lowest BCUT2D eigenvalue weighted by atomic mass is 10.1. The van der Waals surface area contributed by atoms with Gasteiger partial charge in [0.1, 0.15) is 0 Å². The lowest BCUT2D eigenvalue weighted by molar-refractivity contribution is -0.136. The molecule has 0 bridgehead atoms. The minimum atomic E-state index is -3.75. The zero-order chi connectivity index (χ0) is 14.6. The predicted octanol–water partition coefficient (Wildman–Crippen LogP) is -0.399. The van der Waals surface area contributed by atoms with Crippen LogP contribution >= 0.6 is 0 Å². The van der Waals surface area contributed by atoms with Crippen LogP contribution in [0.3, 0.4) is 0 Å². The van der Waals surface area contributed by atoms with Gasteiger partial charge < -0.3 is 22.3 Å². The van der Waals surface area contributed by atoms with Crippen molar-refractivity contribution in [1.29, 1.82) is 0 Å². The van der Waals surface area contributed by atoms with Crippen LogP contribution in [0.15, 0.2) is 17.0 Å². The average Bonchev–Trinajstić information content (AvgIpc) is 2.30. The van der Waals surface area contributed by atoms with E-state index >= 15 is 0 Å². The van der Waals surface area contributed by atoms with E-state index in [9.17, 15) is 13.2 Å². The van der Waals surface area contributed by atoms with Gasteiger partial charge in [-0.3, -0.25) is 4.79 Å². The van der Waals surface area contributed by atoms with Crippen LogP contribution in [0, 0.1) is 0 Å². The number of carboxylic acids is 1. The fourth-order valence-corrected chi connectivity index (χ4v) is 3.28. The highest BCUT2D eigenvalue weighted by Gasteiger charge is 2.21.